The second kappa shape index (κ2) is 7.42. The number of halogens is 4. The molecule has 24 heavy (non-hydrogen) atoms. The predicted molar refractivity (Wildman–Crippen MR) is 84.9 cm³/mol. The monoisotopic (exact) mass is 362 g/mol. The highest BCUT2D eigenvalue weighted by Gasteiger charge is 2.36. The predicted octanol–water partition coefficient (Wildman–Crippen LogP) is 3.72. The Morgan fingerprint density at radius 3 is 2.38 bits per heavy atom. The van der Waals surface area contributed by atoms with Crippen molar-refractivity contribution in [3.63, 3.8) is 0 Å². The molecule has 0 spiro atoms. The summed E-state index contributed by atoms with van der Waals surface area (Å²) < 4.78 is 39.8. The smallest absolute Gasteiger partial charge is 0.341 e. The zero-order valence-corrected chi connectivity index (χ0v) is 14.0. The summed E-state index contributed by atoms with van der Waals surface area (Å²) in [5.74, 6) is -0.985. The molecule has 1 aromatic carbocycles. The Balaban J connectivity index is 2.31. The molecule has 0 aliphatic carbocycles. The van der Waals surface area contributed by atoms with Gasteiger partial charge < -0.3 is 9.80 Å². The van der Waals surface area contributed by atoms with Crippen molar-refractivity contribution >= 4 is 29.1 Å². The summed E-state index contributed by atoms with van der Waals surface area (Å²) in [6, 6.07) is 3.15. The molecular formula is C16H18ClF3N2O2. The van der Waals surface area contributed by atoms with Crippen LogP contribution >= 0.6 is 11.6 Å². The van der Waals surface area contributed by atoms with E-state index in [9.17, 15) is 22.8 Å². The van der Waals surface area contributed by atoms with Crippen LogP contribution in [0.1, 0.15) is 31.7 Å². The molecule has 132 valence electrons. The molecule has 0 saturated carbocycles. The SMILES string of the molecule is CC(=O)N(CC(=O)N1CCCCC1)c1ccc(Cl)cc1C(F)(F)F. The number of carbonyl (C=O) groups is 2. The first-order valence-corrected chi connectivity index (χ1v) is 8.00. The molecule has 0 aromatic heterocycles. The van der Waals surface area contributed by atoms with Gasteiger partial charge in [0.05, 0.1) is 11.3 Å². The van der Waals surface area contributed by atoms with E-state index in [-0.39, 0.29) is 16.6 Å². The highest BCUT2D eigenvalue weighted by Crippen LogP contribution is 2.38. The van der Waals surface area contributed by atoms with Gasteiger partial charge in [-0.15, -0.1) is 0 Å². The highest BCUT2D eigenvalue weighted by atomic mass is 35.5. The minimum absolute atomic E-state index is 0.0862. The minimum Gasteiger partial charge on any atom is -0.341 e. The Morgan fingerprint density at radius 2 is 1.83 bits per heavy atom. The number of anilines is 1. The zero-order valence-electron chi connectivity index (χ0n) is 13.2. The molecule has 0 N–H and O–H groups in total. The number of carbonyl (C=O) groups excluding carboxylic acids is 2. The molecule has 2 amide bonds. The van der Waals surface area contributed by atoms with E-state index in [4.69, 9.17) is 11.6 Å². The molecule has 1 aliphatic heterocycles. The summed E-state index contributed by atoms with van der Waals surface area (Å²) in [5, 5.41) is -0.0862. The van der Waals surface area contributed by atoms with Gasteiger partial charge in [0.1, 0.15) is 6.54 Å². The van der Waals surface area contributed by atoms with Crippen LogP contribution in [0.4, 0.5) is 18.9 Å². The number of nitrogens with zero attached hydrogens (tertiary/aromatic N) is 2. The summed E-state index contributed by atoms with van der Waals surface area (Å²) in [6.07, 6.45) is -1.93. The zero-order chi connectivity index (χ0) is 17.9. The Bertz CT molecular complexity index is 628. The van der Waals surface area contributed by atoms with Gasteiger partial charge in [-0.2, -0.15) is 13.2 Å². The number of hydrogen-bond donors (Lipinski definition) is 0. The molecule has 2 rings (SSSR count). The number of hydrogen-bond acceptors (Lipinski definition) is 2. The molecule has 1 fully saturated rings. The first kappa shape index (κ1) is 18.6. The van der Waals surface area contributed by atoms with Crippen molar-refractivity contribution in [3.8, 4) is 0 Å². The van der Waals surface area contributed by atoms with E-state index in [2.05, 4.69) is 0 Å². The first-order chi connectivity index (χ1) is 11.2. The van der Waals surface area contributed by atoms with Gasteiger partial charge in [0.25, 0.3) is 0 Å². The van der Waals surface area contributed by atoms with Crippen LogP contribution in [0.15, 0.2) is 18.2 Å². The van der Waals surface area contributed by atoms with Gasteiger partial charge in [-0.05, 0) is 37.5 Å². The van der Waals surface area contributed by atoms with Crippen LogP contribution in [0.3, 0.4) is 0 Å². The van der Waals surface area contributed by atoms with Gasteiger partial charge in [-0.1, -0.05) is 11.6 Å². The number of alkyl halides is 3. The molecule has 1 saturated heterocycles. The van der Waals surface area contributed by atoms with Crippen LogP contribution in [0.2, 0.25) is 5.02 Å². The topological polar surface area (TPSA) is 40.6 Å². The fourth-order valence-electron chi connectivity index (χ4n) is 2.72. The average Bonchev–Trinajstić information content (AvgIpc) is 2.52. The standard InChI is InChI=1S/C16H18ClF3N2O2/c1-11(23)22(10-15(24)21-7-3-2-4-8-21)14-6-5-12(17)9-13(14)16(18,19)20/h5-6,9H,2-4,7-8,10H2,1H3. The van der Waals surface area contributed by atoms with Crippen LogP contribution < -0.4 is 4.90 Å². The largest absolute Gasteiger partial charge is 0.418 e. The van der Waals surface area contributed by atoms with Gasteiger partial charge in [0, 0.05) is 25.0 Å². The van der Waals surface area contributed by atoms with Crippen molar-refractivity contribution in [2.45, 2.75) is 32.4 Å². The lowest BCUT2D eigenvalue weighted by molar-refractivity contribution is -0.137. The fourth-order valence-corrected chi connectivity index (χ4v) is 2.89. The molecule has 1 aromatic rings. The van der Waals surface area contributed by atoms with E-state index in [1.807, 2.05) is 0 Å². The molecule has 0 unspecified atom stereocenters. The van der Waals surface area contributed by atoms with Crippen LogP contribution in [0, 0.1) is 0 Å². The van der Waals surface area contributed by atoms with E-state index in [0.29, 0.717) is 13.1 Å². The summed E-state index contributed by atoms with van der Waals surface area (Å²) in [6.45, 7) is 1.85. The van der Waals surface area contributed by atoms with Crippen molar-refractivity contribution in [3.05, 3.63) is 28.8 Å². The maximum atomic E-state index is 13.3. The molecule has 0 radical (unpaired) electrons. The Kier molecular flexibility index (Phi) is 5.74. The molecule has 8 heteroatoms. The molecule has 0 bridgehead atoms. The lowest BCUT2D eigenvalue weighted by atomic mass is 10.1. The Morgan fingerprint density at radius 1 is 1.21 bits per heavy atom. The minimum atomic E-state index is -4.68. The van der Waals surface area contributed by atoms with E-state index < -0.39 is 24.2 Å². The quantitative estimate of drug-likeness (QED) is 0.822. The van der Waals surface area contributed by atoms with Crippen molar-refractivity contribution in [2.75, 3.05) is 24.5 Å². The van der Waals surface area contributed by atoms with Gasteiger partial charge >= 0.3 is 6.18 Å². The van der Waals surface area contributed by atoms with Crippen LogP contribution in [-0.2, 0) is 15.8 Å². The third-order valence-electron chi connectivity index (χ3n) is 3.94. The van der Waals surface area contributed by atoms with Crippen molar-refractivity contribution in [1.82, 2.24) is 4.90 Å². The van der Waals surface area contributed by atoms with E-state index in [1.54, 1.807) is 4.90 Å². The average molecular weight is 363 g/mol. The lowest BCUT2D eigenvalue weighted by Gasteiger charge is -2.30. The maximum absolute atomic E-state index is 13.3. The molecule has 0 atom stereocenters. The van der Waals surface area contributed by atoms with Gasteiger partial charge in [0.2, 0.25) is 11.8 Å². The molecule has 4 nitrogen and oxygen atoms in total. The number of likely N-dealkylation sites (tertiary alicyclic amines) is 1. The third-order valence-corrected chi connectivity index (χ3v) is 4.17. The van der Waals surface area contributed by atoms with Crippen molar-refractivity contribution in [2.24, 2.45) is 0 Å². The number of piperidine rings is 1. The second-order valence-corrected chi connectivity index (χ2v) is 6.14. The van der Waals surface area contributed by atoms with Crippen LogP contribution in [0.5, 0.6) is 0 Å². The highest BCUT2D eigenvalue weighted by molar-refractivity contribution is 6.30. The molecule has 1 heterocycles. The maximum Gasteiger partial charge on any atom is 0.418 e. The summed E-state index contributed by atoms with van der Waals surface area (Å²) in [5.41, 5.74) is -1.39. The van der Waals surface area contributed by atoms with Gasteiger partial charge in [-0.3, -0.25) is 9.59 Å². The van der Waals surface area contributed by atoms with Gasteiger partial charge in [-0.25, -0.2) is 0 Å². The van der Waals surface area contributed by atoms with Crippen LogP contribution in [-0.4, -0.2) is 36.3 Å². The van der Waals surface area contributed by atoms with E-state index in [0.717, 1.165) is 43.2 Å². The number of rotatable bonds is 3. The molecule has 1 aliphatic rings. The Labute approximate surface area is 143 Å². The third kappa shape index (κ3) is 4.41. The van der Waals surface area contributed by atoms with Crippen molar-refractivity contribution in [1.29, 1.82) is 0 Å². The van der Waals surface area contributed by atoms with E-state index >= 15 is 0 Å². The van der Waals surface area contributed by atoms with Crippen molar-refractivity contribution < 1.29 is 22.8 Å². The summed E-state index contributed by atoms with van der Waals surface area (Å²) in [4.78, 5) is 26.7. The summed E-state index contributed by atoms with van der Waals surface area (Å²) in [7, 11) is 0. The second-order valence-electron chi connectivity index (χ2n) is 5.71. The first-order valence-electron chi connectivity index (χ1n) is 7.63. The van der Waals surface area contributed by atoms with Crippen LogP contribution in [0.25, 0.3) is 0 Å². The fraction of sp³-hybridized carbons (Fsp3) is 0.500. The van der Waals surface area contributed by atoms with Gasteiger partial charge in [0.15, 0.2) is 0 Å². The van der Waals surface area contributed by atoms with E-state index in [1.165, 1.54) is 6.07 Å². The molecular weight excluding hydrogens is 345 g/mol. The summed E-state index contributed by atoms with van der Waals surface area (Å²) >= 11 is 5.66. The normalized spacial score (nSPS) is 15.3. The number of benzene rings is 1. The lowest BCUT2D eigenvalue weighted by Crippen LogP contribution is -2.44. The number of amides is 2. The Hall–Kier alpha value is -1.76.